The molecule has 0 bridgehead atoms. The van der Waals surface area contributed by atoms with Crippen molar-refractivity contribution >= 4 is 10.0 Å². The molecule has 1 saturated heterocycles. The summed E-state index contributed by atoms with van der Waals surface area (Å²) in [6.45, 7) is 6.67. The Morgan fingerprint density at radius 2 is 1.84 bits per heavy atom. The molecule has 0 amide bonds. The Morgan fingerprint density at radius 3 is 2.42 bits per heavy atom. The van der Waals surface area contributed by atoms with Gasteiger partial charge in [0, 0.05) is 19.1 Å². The van der Waals surface area contributed by atoms with E-state index >= 15 is 0 Å². The molecule has 1 N–H and O–H groups in total. The van der Waals surface area contributed by atoms with Crippen LogP contribution in [0, 0.1) is 5.92 Å². The molecule has 5 heteroatoms. The van der Waals surface area contributed by atoms with Gasteiger partial charge in [-0.15, -0.1) is 0 Å². The molecule has 0 radical (unpaired) electrons. The molecule has 0 aromatic heterocycles. The Morgan fingerprint density at radius 1 is 1.16 bits per heavy atom. The van der Waals surface area contributed by atoms with Gasteiger partial charge in [-0.05, 0) is 31.7 Å². The van der Waals surface area contributed by atoms with Gasteiger partial charge >= 0.3 is 0 Å². The molecule has 2 unspecified atom stereocenters. The summed E-state index contributed by atoms with van der Waals surface area (Å²) in [5.41, 5.74) is 0. The van der Waals surface area contributed by atoms with Crippen molar-refractivity contribution in [3.8, 4) is 0 Å². The zero-order chi connectivity index (χ0) is 13.9. The summed E-state index contributed by atoms with van der Waals surface area (Å²) in [6, 6.07) is 0.491. The molecule has 0 aromatic rings. The molecule has 0 aromatic carbocycles. The number of rotatable bonds is 5. The van der Waals surface area contributed by atoms with E-state index in [4.69, 9.17) is 0 Å². The molecule has 1 aliphatic carbocycles. The second-order valence-electron chi connectivity index (χ2n) is 5.93. The monoisotopic (exact) mass is 288 g/mol. The molecule has 112 valence electrons. The molecule has 1 heterocycles. The summed E-state index contributed by atoms with van der Waals surface area (Å²) in [5, 5.41) is 3.41. The fourth-order valence-corrected chi connectivity index (χ4v) is 5.68. The van der Waals surface area contributed by atoms with Crippen molar-refractivity contribution in [3.63, 3.8) is 0 Å². The van der Waals surface area contributed by atoms with E-state index in [0.717, 1.165) is 45.1 Å². The molecule has 0 spiro atoms. The number of nitrogens with one attached hydrogen (secondary N) is 1. The quantitative estimate of drug-likeness (QED) is 0.841. The van der Waals surface area contributed by atoms with Gasteiger partial charge in [-0.1, -0.05) is 33.1 Å². The fourth-order valence-electron chi connectivity index (χ4n) is 3.57. The highest BCUT2D eigenvalue weighted by Crippen LogP contribution is 2.30. The smallest absolute Gasteiger partial charge is 0.216 e. The van der Waals surface area contributed by atoms with Crippen molar-refractivity contribution in [2.24, 2.45) is 5.92 Å². The zero-order valence-electron chi connectivity index (χ0n) is 12.3. The van der Waals surface area contributed by atoms with E-state index in [9.17, 15) is 8.42 Å². The first-order valence-corrected chi connectivity index (χ1v) is 9.32. The molecule has 19 heavy (non-hydrogen) atoms. The Hall–Kier alpha value is -0.130. The minimum atomic E-state index is -3.04. The first kappa shape index (κ1) is 15.3. The van der Waals surface area contributed by atoms with Crippen LogP contribution in [0.4, 0.5) is 0 Å². The van der Waals surface area contributed by atoms with E-state index in [1.165, 1.54) is 0 Å². The number of hydrogen-bond donors (Lipinski definition) is 1. The Labute approximate surface area is 118 Å². The third-order valence-electron chi connectivity index (χ3n) is 4.77. The Bertz CT molecular complexity index is 377. The van der Waals surface area contributed by atoms with Gasteiger partial charge < -0.3 is 5.32 Å². The highest BCUT2D eigenvalue weighted by molar-refractivity contribution is 7.89. The second-order valence-corrected chi connectivity index (χ2v) is 8.14. The molecule has 2 atom stereocenters. The SMILES string of the molecule is CCNC1CCN(S(=O)(=O)C2CCCC2)CC1CC. The highest BCUT2D eigenvalue weighted by Gasteiger charge is 2.38. The van der Waals surface area contributed by atoms with Crippen molar-refractivity contribution in [2.45, 2.75) is 63.7 Å². The number of sulfonamides is 1. The van der Waals surface area contributed by atoms with E-state index in [-0.39, 0.29) is 5.25 Å². The first-order chi connectivity index (χ1) is 9.09. The molecule has 2 rings (SSSR count). The standard InChI is InChI=1S/C14H28N2O2S/c1-3-12-11-16(10-9-14(12)15-4-2)19(17,18)13-7-5-6-8-13/h12-15H,3-11H2,1-2H3. The second kappa shape index (κ2) is 6.55. The van der Waals surface area contributed by atoms with Crippen LogP contribution in [0.15, 0.2) is 0 Å². The van der Waals surface area contributed by atoms with Gasteiger partial charge in [0.05, 0.1) is 5.25 Å². The van der Waals surface area contributed by atoms with Crippen LogP contribution in [0.3, 0.4) is 0 Å². The van der Waals surface area contributed by atoms with Crippen LogP contribution in [0.5, 0.6) is 0 Å². The predicted molar refractivity (Wildman–Crippen MR) is 78.6 cm³/mol. The third kappa shape index (κ3) is 3.31. The average Bonchev–Trinajstić information content (AvgIpc) is 2.94. The lowest BCUT2D eigenvalue weighted by Gasteiger charge is -2.39. The topological polar surface area (TPSA) is 49.4 Å². The first-order valence-electron chi connectivity index (χ1n) is 7.82. The van der Waals surface area contributed by atoms with E-state index in [2.05, 4.69) is 19.2 Å². The van der Waals surface area contributed by atoms with Gasteiger partial charge in [0.15, 0.2) is 0 Å². The van der Waals surface area contributed by atoms with Crippen molar-refractivity contribution in [1.82, 2.24) is 9.62 Å². The van der Waals surface area contributed by atoms with Crippen LogP contribution in [-0.2, 0) is 10.0 Å². The van der Waals surface area contributed by atoms with Gasteiger partial charge in [-0.2, -0.15) is 0 Å². The van der Waals surface area contributed by atoms with Gasteiger partial charge in [-0.3, -0.25) is 0 Å². The highest BCUT2D eigenvalue weighted by atomic mass is 32.2. The van der Waals surface area contributed by atoms with Crippen molar-refractivity contribution in [2.75, 3.05) is 19.6 Å². The lowest BCUT2D eigenvalue weighted by molar-refractivity contribution is 0.203. The summed E-state index contributed by atoms with van der Waals surface area (Å²) in [6.07, 6.45) is 5.90. The minimum absolute atomic E-state index is 0.0966. The van der Waals surface area contributed by atoms with Crippen LogP contribution in [0.1, 0.15) is 52.4 Å². The normalized spacial score (nSPS) is 30.8. The average molecular weight is 288 g/mol. The molecule has 1 saturated carbocycles. The largest absolute Gasteiger partial charge is 0.314 e. The summed E-state index contributed by atoms with van der Waals surface area (Å²) in [5.74, 6) is 0.463. The minimum Gasteiger partial charge on any atom is -0.314 e. The lowest BCUT2D eigenvalue weighted by atomic mass is 9.91. The number of hydrogen-bond acceptors (Lipinski definition) is 3. The van der Waals surface area contributed by atoms with E-state index in [0.29, 0.717) is 25.0 Å². The molecular formula is C14H28N2O2S. The Balaban J connectivity index is 2.02. The molecule has 1 aliphatic heterocycles. The van der Waals surface area contributed by atoms with E-state index in [1.807, 2.05) is 0 Å². The van der Waals surface area contributed by atoms with Crippen LogP contribution in [0.25, 0.3) is 0 Å². The van der Waals surface area contributed by atoms with Gasteiger partial charge in [0.1, 0.15) is 0 Å². The predicted octanol–water partition coefficient (Wildman–Crippen LogP) is 1.97. The van der Waals surface area contributed by atoms with Crippen molar-refractivity contribution < 1.29 is 8.42 Å². The van der Waals surface area contributed by atoms with E-state index < -0.39 is 10.0 Å². The van der Waals surface area contributed by atoms with Crippen LogP contribution in [0.2, 0.25) is 0 Å². The van der Waals surface area contributed by atoms with Crippen LogP contribution < -0.4 is 5.32 Å². The molecular weight excluding hydrogens is 260 g/mol. The van der Waals surface area contributed by atoms with Crippen LogP contribution >= 0.6 is 0 Å². The summed E-state index contributed by atoms with van der Waals surface area (Å²) in [4.78, 5) is 0. The van der Waals surface area contributed by atoms with Crippen molar-refractivity contribution in [3.05, 3.63) is 0 Å². The fraction of sp³-hybridized carbons (Fsp3) is 1.00. The summed E-state index contributed by atoms with van der Waals surface area (Å²) < 4.78 is 27.0. The maximum absolute atomic E-state index is 12.6. The van der Waals surface area contributed by atoms with Gasteiger partial charge in [0.25, 0.3) is 0 Å². The maximum Gasteiger partial charge on any atom is 0.216 e. The van der Waals surface area contributed by atoms with Crippen molar-refractivity contribution in [1.29, 1.82) is 0 Å². The molecule has 2 aliphatic rings. The maximum atomic E-state index is 12.6. The Kier molecular flexibility index (Phi) is 5.26. The number of piperidine rings is 1. The summed E-state index contributed by atoms with van der Waals surface area (Å²) >= 11 is 0. The van der Waals surface area contributed by atoms with Gasteiger partial charge in [0.2, 0.25) is 10.0 Å². The molecule has 2 fully saturated rings. The number of nitrogens with zero attached hydrogens (tertiary/aromatic N) is 1. The van der Waals surface area contributed by atoms with Gasteiger partial charge in [-0.25, -0.2) is 12.7 Å². The lowest BCUT2D eigenvalue weighted by Crippen LogP contribution is -2.52. The zero-order valence-corrected chi connectivity index (χ0v) is 13.1. The van der Waals surface area contributed by atoms with Crippen LogP contribution in [-0.4, -0.2) is 43.6 Å². The van der Waals surface area contributed by atoms with E-state index in [1.54, 1.807) is 4.31 Å². The summed E-state index contributed by atoms with van der Waals surface area (Å²) in [7, 11) is -3.04. The third-order valence-corrected chi connectivity index (χ3v) is 7.14. The molecule has 4 nitrogen and oxygen atoms in total.